The van der Waals surface area contributed by atoms with E-state index in [-0.39, 0.29) is 31.2 Å². The molecule has 1 fully saturated rings. The summed E-state index contributed by atoms with van der Waals surface area (Å²) in [6.45, 7) is 4.04. The minimum atomic E-state index is -0.885. The van der Waals surface area contributed by atoms with Crippen molar-refractivity contribution in [3.8, 4) is 0 Å². The number of ether oxygens (including phenoxy) is 1. The number of aliphatic hydroxyl groups excluding tert-OH is 1. The lowest BCUT2D eigenvalue weighted by Gasteiger charge is -2.23. The molecule has 2 N–H and O–H groups in total. The zero-order valence-corrected chi connectivity index (χ0v) is 13.2. The summed E-state index contributed by atoms with van der Waals surface area (Å²) in [5.74, 6) is -0.946. The molecule has 6 nitrogen and oxygen atoms in total. The number of para-hydroxylation sites is 1. The maximum Gasteiger partial charge on any atom is 0.410 e. The monoisotopic (exact) mass is 324 g/mol. The Morgan fingerprint density at radius 1 is 1.43 bits per heavy atom. The van der Waals surface area contributed by atoms with E-state index in [2.05, 4.69) is 5.32 Å². The van der Waals surface area contributed by atoms with Gasteiger partial charge in [-0.2, -0.15) is 0 Å². The third kappa shape index (κ3) is 4.41. The van der Waals surface area contributed by atoms with Gasteiger partial charge in [-0.05, 0) is 18.1 Å². The molecule has 0 unspecified atom stereocenters. The van der Waals surface area contributed by atoms with E-state index in [1.165, 1.54) is 23.1 Å². The first-order valence-corrected chi connectivity index (χ1v) is 7.55. The van der Waals surface area contributed by atoms with E-state index in [1.807, 2.05) is 13.8 Å². The summed E-state index contributed by atoms with van der Waals surface area (Å²) in [6.07, 6.45) is -1.36. The molecule has 7 heteroatoms. The van der Waals surface area contributed by atoms with Crippen LogP contribution in [-0.4, -0.2) is 47.3 Å². The fraction of sp³-hybridized carbons (Fsp3) is 0.500. The summed E-state index contributed by atoms with van der Waals surface area (Å²) in [6, 6.07) is 4.88. The van der Waals surface area contributed by atoms with Gasteiger partial charge >= 0.3 is 6.09 Å². The molecule has 2 rings (SSSR count). The van der Waals surface area contributed by atoms with E-state index in [4.69, 9.17) is 4.74 Å². The van der Waals surface area contributed by atoms with Crippen LogP contribution in [0.4, 0.5) is 14.9 Å². The number of hydrogen-bond donors (Lipinski definition) is 2. The van der Waals surface area contributed by atoms with Gasteiger partial charge in [0.25, 0.3) is 0 Å². The second-order valence-electron chi connectivity index (χ2n) is 6.00. The quantitative estimate of drug-likeness (QED) is 0.888. The first-order chi connectivity index (χ1) is 10.9. The zero-order chi connectivity index (χ0) is 17.0. The van der Waals surface area contributed by atoms with Crippen molar-refractivity contribution in [2.45, 2.75) is 32.4 Å². The summed E-state index contributed by atoms with van der Waals surface area (Å²) in [7, 11) is 0. The van der Waals surface area contributed by atoms with E-state index < -0.39 is 30.0 Å². The lowest BCUT2D eigenvalue weighted by atomic mass is 10.2. The largest absolute Gasteiger partial charge is 0.449 e. The fourth-order valence-electron chi connectivity index (χ4n) is 2.36. The number of amides is 2. The first kappa shape index (κ1) is 17.2. The van der Waals surface area contributed by atoms with E-state index in [1.54, 1.807) is 6.07 Å². The number of β-amino-alcohol motifs (C(OH)–C–C–N with tert-alkyl or cyclic N) is 1. The summed E-state index contributed by atoms with van der Waals surface area (Å²) in [4.78, 5) is 25.6. The number of halogens is 1. The Kier molecular flexibility index (Phi) is 5.54. The Balaban J connectivity index is 2.05. The number of nitrogens with zero attached hydrogens (tertiary/aromatic N) is 1. The molecular formula is C16H21FN2O4. The number of rotatable bonds is 4. The van der Waals surface area contributed by atoms with Crippen molar-refractivity contribution in [3.05, 3.63) is 30.1 Å². The van der Waals surface area contributed by atoms with Crippen molar-refractivity contribution < 1.29 is 23.8 Å². The second-order valence-corrected chi connectivity index (χ2v) is 6.00. The number of carbonyl (C=O) groups is 2. The molecule has 1 aromatic carbocycles. The Morgan fingerprint density at radius 3 is 2.78 bits per heavy atom. The van der Waals surface area contributed by atoms with Crippen molar-refractivity contribution in [2.75, 3.05) is 18.5 Å². The molecule has 1 heterocycles. The minimum Gasteiger partial charge on any atom is -0.449 e. The Labute approximate surface area is 134 Å². The van der Waals surface area contributed by atoms with Crippen molar-refractivity contribution in [2.24, 2.45) is 5.92 Å². The molecule has 2 amide bonds. The summed E-state index contributed by atoms with van der Waals surface area (Å²) >= 11 is 0. The van der Waals surface area contributed by atoms with Gasteiger partial charge in [-0.15, -0.1) is 0 Å². The van der Waals surface area contributed by atoms with Crippen molar-refractivity contribution in [1.29, 1.82) is 0 Å². The number of hydrogen-bond acceptors (Lipinski definition) is 4. The van der Waals surface area contributed by atoms with E-state index >= 15 is 0 Å². The van der Waals surface area contributed by atoms with Gasteiger partial charge in [-0.25, -0.2) is 9.18 Å². The van der Waals surface area contributed by atoms with Gasteiger partial charge in [-0.3, -0.25) is 9.69 Å². The molecule has 126 valence electrons. The van der Waals surface area contributed by atoms with Crippen LogP contribution in [0.5, 0.6) is 0 Å². The normalized spacial score (nSPS) is 20.7. The number of aliphatic hydroxyl groups is 1. The summed E-state index contributed by atoms with van der Waals surface area (Å²) in [5, 5.41) is 12.2. The first-order valence-electron chi connectivity index (χ1n) is 7.55. The number of nitrogens with one attached hydrogen (secondary N) is 1. The molecule has 0 spiro atoms. The van der Waals surface area contributed by atoms with Crippen LogP contribution in [0.3, 0.4) is 0 Å². The van der Waals surface area contributed by atoms with Crippen LogP contribution in [0.25, 0.3) is 0 Å². The molecule has 0 bridgehead atoms. The predicted octanol–water partition coefficient (Wildman–Crippen LogP) is 1.99. The lowest BCUT2D eigenvalue weighted by Crippen LogP contribution is -2.43. The van der Waals surface area contributed by atoms with Crippen molar-refractivity contribution in [1.82, 2.24) is 4.90 Å². The third-order valence-electron chi connectivity index (χ3n) is 3.49. The molecule has 0 saturated carbocycles. The molecular weight excluding hydrogens is 303 g/mol. The van der Waals surface area contributed by atoms with Crippen LogP contribution in [0.15, 0.2) is 24.3 Å². The topological polar surface area (TPSA) is 78.9 Å². The highest BCUT2D eigenvalue weighted by atomic mass is 19.1. The average Bonchev–Trinajstić information content (AvgIpc) is 2.89. The lowest BCUT2D eigenvalue weighted by molar-refractivity contribution is -0.120. The Morgan fingerprint density at radius 2 is 2.13 bits per heavy atom. The molecule has 2 atom stereocenters. The van der Waals surface area contributed by atoms with E-state index in [9.17, 15) is 19.1 Å². The average molecular weight is 324 g/mol. The molecule has 1 aromatic rings. The number of benzene rings is 1. The van der Waals surface area contributed by atoms with Crippen molar-refractivity contribution >= 4 is 17.7 Å². The Hall–Kier alpha value is -2.15. The van der Waals surface area contributed by atoms with Gasteiger partial charge < -0.3 is 15.2 Å². The summed E-state index contributed by atoms with van der Waals surface area (Å²) < 4.78 is 18.7. The molecule has 1 saturated heterocycles. The van der Waals surface area contributed by atoms with Gasteiger partial charge in [0.1, 0.15) is 11.9 Å². The molecule has 1 aliphatic rings. The van der Waals surface area contributed by atoms with Crippen LogP contribution >= 0.6 is 0 Å². The number of anilines is 1. The molecule has 0 radical (unpaired) electrons. The molecule has 0 aromatic heterocycles. The van der Waals surface area contributed by atoms with Gasteiger partial charge in [0.15, 0.2) is 0 Å². The maximum atomic E-state index is 13.6. The van der Waals surface area contributed by atoms with E-state index in [0.717, 1.165) is 0 Å². The zero-order valence-electron chi connectivity index (χ0n) is 13.2. The van der Waals surface area contributed by atoms with Crippen molar-refractivity contribution in [3.63, 3.8) is 0 Å². The molecule has 23 heavy (non-hydrogen) atoms. The van der Waals surface area contributed by atoms with Gasteiger partial charge in [-0.1, -0.05) is 26.0 Å². The SMILES string of the molecule is CC(C)COC(=O)N1C[C@H](O)C[C@H]1C(=O)Nc1ccccc1F. The van der Waals surface area contributed by atoms with Crippen LogP contribution < -0.4 is 5.32 Å². The van der Waals surface area contributed by atoms with Crippen LogP contribution in [0, 0.1) is 11.7 Å². The standard InChI is InChI=1S/C16H21FN2O4/c1-10(2)9-23-16(22)19-8-11(20)7-14(19)15(21)18-13-6-4-3-5-12(13)17/h3-6,10-11,14,20H,7-9H2,1-2H3,(H,18,21)/t11-,14+/m1/s1. The predicted molar refractivity (Wildman–Crippen MR) is 82.3 cm³/mol. The second kappa shape index (κ2) is 7.41. The number of likely N-dealkylation sites (tertiary alicyclic amines) is 1. The minimum absolute atomic E-state index is 0.0201. The van der Waals surface area contributed by atoms with Crippen LogP contribution in [0.2, 0.25) is 0 Å². The van der Waals surface area contributed by atoms with Gasteiger partial charge in [0.05, 0.1) is 24.9 Å². The highest BCUT2D eigenvalue weighted by Crippen LogP contribution is 2.22. The Bertz CT molecular complexity index is 579. The fourth-order valence-corrected chi connectivity index (χ4v) is 2.36. The van der Waals surface area contributed by atoms with Gasteiger partial charge in [0.2, 0.25) is 5.91 Å². The van der Waals surface area contributed by atoms with Crippen LogP contribution in [0.1, 0.15) is 20.3 Å². The summed E-state index contributed by atoms with van der Waals surface area (Å²) in [5.41, 5.74) is 0.0365. The molecule has 1 aliphatic heterocycles. The maximum absolute atomic E-state index is 13.6. The smallest absolute Gasteiger partial charge is 0.410 e. The highest BCUT2D eigenvalue weighted by Gasteiger charge is 2.40. The molecule has 0 aliphatic carbocycles. The van der Waals surface area contributed by atoms with Gasteiger partial charge in [0, 0.05) is 6.42 Å². The van der Waals surface area contributed by atoms with E-state index in [0.29, 0.717) is 0 Å². The van der Waals surface area contributed by atoms with Crippen LogP contribution in [-0.2, 0) is 9.53 Å². The highest BCUT2D eigenvalue weighted by molar-refractivity contribution is 5.97. The number of carbonyl (C=O) groups excluding carboxylic acids is 2. The third-order valence-corrected chi connectivity index (χ3v) is 3.49.